The van der Waals surface area contributed by atoms with Crippen LogP contribution in [0.1, 0.15) is 45.9 Å². The van der Waals surface area contributed by atoms with E-state index in [-0.39, 0.29) is 0 Å². The molecule has 2 aliphatic rings. The van der Waals surface area contributed by atoms with Crippen LogP contribution in [0.25, 0.3) is 67.4 Å². The molecule has 0 unspecified atom stereocenters. The molecule has 292 valence electrons. The van der Waals surface area contributed by atoms with Crippen molar-refractivity contribution in [3.8, 4) is 56.2 Å². The molecule has 0 atom stereocenters. The van der Waals surface area contributed by atoms with Crippen molar-refractivity contribution < 1.29 is 0 Å². The number of nitrogens with zero attached hydrogens (tertiary/aromatic N) is 3. The minimum absolute atomic E-state index is 0.547. The lowest BCUT2D eigenvalue weighted by molar-refractivity contribution is 0.788. The van der Waals surface area contributed by atoms with Gasteiger partial charge >= 0.3 is 0 Å². The second-order valence-corrected chi connectivity index (χ2v) is 16.0. The van der Waals surface area contributed by atoms with Gasteiger partial charge in [-0.3, -0.25) is 0 Å². The number of allylic oxidation sites excluding steroid dienone is 2. The summed E-state index contributed by atoms with van der Waals surface area (Å²) in [5.74, 6) is 0.705. The first-order chi connectivity index (χ1) is 30.6. The zero-order chi connectivity index (χ0) is 41.6. The lowest BCUT2D eigenvalue weighted by atomic mass is 9.69. The standard InChI is InChI=1S/C59H41N3/c1-39(41-18-6-3-7-19-41)38-54(60-40(2)42-20-8-4-9-21-42)45-34-30-43(31-35-45)44-32-36-47(37-33-44)58-61-56(46-22-10-5-11-23-46)55-57(62-58)50-26-14-17-29-53(50)59(55)51-27-15-12-24-48(51)49-25-13-16-28-52(49)59/h3-38H,2H2,1H3/b39-38+,60-54?. The number of hydrogen-bond acceptors (Lipinski definition) is 3. The summed E-state index contributed by atoms with van der Waals surface area (Å²) >= 11 is 0. The summed E-state index contributed by atoms with van der Waals surface area (Å²) in [6, 6.07) is 75.0. The van der Waals surface area contributed by atoms with E-state index in [0.29, 0.717) is 5.82 Å². The third-order valence-electron chi connectivity index (χ3n) is 12.5. The molecule has 0 saturated carbocycles. The zero-order valence-electron chi connectivity index (χ0n) is 34.3. The molecule has 9 aromatic rings. The molecule has 62 heavy (non-hydrogen) atoms. The summed E-state index contributed by atoms with van der Waals surface area (Å²) in [6.07, 6.45) is 2.15. The largest absolute Gasteiger partial charge is 0.248 e. The molecule has 0 saturated heterocycles. The highest BCUT2D eigenvalue weighted by molar-refractivity contribution is 6.14. The van der Waals surface area contributed by atoms with Gasteiger partial charge < -0.3 is 0 Å². The first-order valence-corrected chi connectivity index (χ1v) is 21.1. The number of rotatable bonds is 8. The Kier molecular flexibility index (Phi) is 9.09. The van der Waals surface area contributed by atoms with Gasteiger partial charge in [0.05, 0.1) is 28.2 Å². The van der Waals surface area contributed by atoms with Crippen LogP contribution < -0.4 is 0 Å². The molecule has 0 aliphatic heterocycles. The van der Waals surface area contributed by atoms with Gasteiger partial charge in [-0.25, -0.2) is 15.0 Å². The van der Waals surface area contributed by atoms with Crippen molar-refractivity contribution in [1.82, 2.24) is 9.97 Å². The van der Waals surface area contributed by atoms with Crippen molar-refractivity contribution in [1.29, 1.82) is 0 Å². The lowest BCUT2D eigenvalue weighted by Crippen LogP contribution is -2.27. The lowest BCUT2D eigenvalue weighted by Gasteiger charge is -2.31. The van der Waals surface area contributed by atoms with E-state index < -0.39 is 5.41 Å². The molecule has 8 aromatic carbocycles. The van der Waals surface area contributed by atoms with Gasteiger partial charge in [-0.05, 0) is 68.6 Å². The minimum Gasteiger partial charge on any atom is -0.248 e. The number of benzene rings is 8. The predicted octanol–water partition coefficient (Wildman–Crippen LogP) is 14.4. The fourth-order valence-corrected chi connectivity index (χ4v) is 9.55. The Morgan fingerprint density at radius 3 is 1.48 bits per heavy atom. The van der Waals surface area contributed by atoms with E-state index in [9.17, 15) is 0 Å². The van der Waals surface area contributed by atoms with E-state index in [1.165, 1.54) is 27.8 Å². The number of aliphatic imine (C=N–C) groups is 1. The number of aromatic nitrogens is 2. The average Bonchev–Trinajstić information content (AvgIpc) is 3.82. The predicted molar refractivity (Wildman–Crippen MR) is 257 cm³/mol. The molecule has 1 spiro atoms. The van der Waals surface area contributed by atoms with Crippen LogP contribution in [0, 0.1) is 0 Å². The Morgan fingerprint density at radius 1 is 0.435 bits per heavy atom. The molecule has 0 radical (unpaired) electrons. The SMILES string of the molecule is C=C(N=C(/C=C(\C)c1ccccc1)c1ccc(-c2ccc(-c3nc(-c4ccccc4)c4c(n3)-c3ccccc3C43c4ccccc4-c4ccccc43)cc2)cc1)c1ccccc1. The van der Waals surface area contributed by atoms with Crippen molar-refractivity contribution >= 4 is 17.0 Å². The van der Waals surface area contributed by atoms with Crippen LogP contribution >= 0.6 is 0 Å². The molecule has 0 amide bonds. The topological polar surface area (TPSA) is 38.1 Å². The van der Waals surface area contributed by atoms with Gasteiger partial charge in [0.1, 0.15) is 0 Å². The van der Waals surface area contributed by atoms with Gasteiger partial charge in [0, 0.05) is 27.8 Å². The average molecular weight is 792 g/mol. The highest BCUT2D eigenvalue weighted by Gasteiger charge is 2.54. The molecule has 11 rings (SSSR count). The van der Waals surface area contributed by atoms with Crippen LogP contribution in [0.5, 0.6) is 0 Å². The van der Waals surface area contributed by atoms with E-state index in [1.54, 1.807) is 0 Å². The van der Waals surface area contributed by atoms with Gasteiger partial charge in [-0.15, -0.1) is 0 Å². The summed E-state index contributed by atoms with van der Waals surface area (Å²) in [6.45, 7) is 6.46. The second kappa shape index (κ2) is 15.2. The normalized spacial score (nSPS) is 13.3. The Morgan fingerprint density at radius 2 is 0.887 bits per heavy atom. The molecular weight excluding hydrogens is 751 g/mol. The summed E-state index contributed by atoms with van der Waals surface area (Å²) in [7, 11) is 0. The van der Waals surface area contributed by atoms with E-state index in [2.05, 4.69) is 196 Å². The fourth-order valence-electron chi connectivity index (χ4n) is 9.55. The van der Waals surface area contributed by atoms with Gasteiger partial charge in [0.2, 0.25) is 0 Å². The smallest absolute Gasteiger partial charge is 0.160 e. The van der Waals surface area contributed by atoms with Gasteiger partial charge in [0.25, 0.3) is 0 Å². The molecule has 3 nitrogen and oxygen atoms in total. The van der Waals surface area contributed by atoms with Crippen LogP contribution in [0.4, 0.5) is 0 Å². The Hall–Kier alpha value is -8.01. The van der Waals surface area contributed by atoms with Crippen molar-refractivity contribution in [3.63, 3.8) is 0 Å². The Labute approximate surface area is 362 Å². The van der Waals surface area contributed by atoms with E-state index in [1.807, 2.05) is 36.4 Å². The van der Waals surface area contributed by atoms with E-state index >= 15 is 0 Å². The maximum atomic E-state index is 5.52. The van der Waals surface area contributed by atoms with Crippen molar-refractivity contribution in [2.75, 3.05) is 0 Å². The third kappa shape index (κ3) is 6.09. The van der Waals surface area contributed by atoms with Gasteiger partial charge in [-0.2, -0.15) is 0 Å². The molecule has 0 fully saturated rings. The molecular formula is C59H41N3. The summed E-state index contributed by atoms with van der Waals surface area (Å²) in [5, 5.41) is 0. The van der Waals surface area contributed by atoms with Crippen LogP contribution in [-0.2, 0) is 5.41 Å². The summed E-state index contributed by atoms with van der Waals surface area (Å²) < 4.78 is 0. The quantitative estimate of drug-likeness (QED) is 0.144. The zero-order valence-corrected chi connectivity index (χ0v) is 34.3. The van der Waals surface area contributed by atoms with E-state index in [0.717, 1.165) is 78.4 Å². The minimum atomic E-state index is -0.547. The summed E-state index contributed by atoms with van der Waals surface area (Å²) in [4.78, 5) is 16.1. The molecule has 1 heterocycles. The van der Waals surface area contributed by atoms with Crippen LogP contribution in [0.2, 0.25) is 0 Å². The first-order valence-electron chi connectivity index (χ1n) is 21.1. The highest BCUT2D eigenvalue weighted by Crippen LogP contribution is 2.64. The van der Waals surface area contributed by atoms with Crippen molar-refractivity contribution in [2.24, 2.45) is 4.99 Å². The molecule has 2 aliphatic carbocycles. The van der Waals surface area contributed by atoms with Crippen molar-refractivity contribution in [2.45, 2.75) is 12.3 Å². The molecule has 0 N–H and O–H groups in total. The number of fused-ring (bicyclic) bond motifs is 10. The maximum absolute atomic E-state index is 5.52. The van der Waals surface area contributed by atoms with Crippen LogP contribution in [0.15, 0.2) is 230 Å². The Balaban J connectivity index is 0.992. The number of hydrogen-bond donors (Lipinski definition) is 0. The summed E-state index contributed by atoms with van der Waals surface area (Å²) in [5.41, 5.74) is 20.1. The maximum Gasteiger partial charge on any atom is 0.160 e. The highest BCUT2D eigenvalue weighted by atomic mass is 14.9. The monoisotopic (exact) mass is 791 g/mol. The van der Waals surface area contributed by atoms with Gasteiger partial charge in [-0.1, -0.05) is 219 Å². The van der Waals surface area contributed by atoms with Gasteiger partial charge in [0.15, 0.2) is 5.82 Å². The second-order valence-electron chi connectivity index (χ2n) is 16.0. The van der Waals surface area contributed by atoms with Crippen LogP contribution in [0.3, 0.4) is 0 Å². The molecule has 1 aromatic heterocycles. The van der Waals surface area contributed by atoms with Crippen molar-refractivity contribution in [3.05, 3.63) is 264 Å². The first kappa shape index (κ1) is 37.0. The Bertz CT molecular complexity index is 3170. The third-order valence-corrected chi connectivity index (χ3v) is 12.5. The molecule has 3 heteroatoms. The fraction of sp³-hybridized carbons (Fsp3) is 0.0339. The van der Waals surface area contributed by atoms with Crippen LogP contribution in [-0.4, -0.2) is 15.7 Å². The molecule has 0 bridgehead atoms. The van der Waals surface area contributed by atoms with E-state index in [4.69, 9.17) is 15.0 Å².